The molecule has 0 atom stereocenters. The second-order valence-corrected chi connectivity index (χ2v) is 7.04. The second-order valence-electron chi connectivity index (χ2n) is 5.98. The van der Waals surface area contributed by atoms with Crippen LogP contribution in [0.5, 0.6) is 11.5 Å². The molecule has 0 saturated carbocycles. The first-order chi connectivity index (χ1) is 14.3. The second kappa shape index (κ2) is 11.1. The first-order valence-corrected chi connectivity index (χ1v) is 9.78. The number of unbranched alkanes of at least 4 members (excludes halogenated alkanes) is 2. The van der Waals surface area contributed by atoms with Crippen molar-refractivity contribution >= 4 is 34.1 Å². The zero-order valence-corrected chi connectivity index (χ0v) is 17.1. The minimum atomic E-state index is -3.18. The van der Waals surface area contributed by atoms with E-state index in [0.29, 0.717) is 5.13 Å². The number of halogens is 2. The predicted molar refractivity (Wildman–Crippen MR) is 107 cm³/mol. The molecule has 0 aliphatic heterocycles. The number of aromatic nitrogens is 2. The van der Waals surface area contributed by atoms with Crippen LogP contribution in [0.2, 0.25) is 0 Å². The number of nitrogens with one attached hydrogen (secondary N) is 1. The molecular formula is C18H20F2N4O5S. The van der Waals surface area contributed by atoms with Crippen molar-refractivity contribution < 1.29 is 28.0 Å². The standard InChI is InChI=1S/C18H20F2N4O5S/c1-3-4-5-6-16-22-23-18(30-16)21-15(25)8-7-11-9-13(28-2)14(29-17(19)20)10-12(11)24(26)27/h7-10,17H,3-6H2,1-2H3,(H,21,23,25)/b8-7+. The molecule has 0 spiro atoms. The fourth-order valence-electron chi connectivity index (χ4n) is 2.45. The lowest BCUT2D eigenvalue weighted by atomic mass is 10.1. The van der Waals surface area contributed by atoms with Crippen LogP contribution in [0, 0.1) is 10.1 Å². The third-order valence-corrected chi connectivity index (χ3v) is 4.73. The summed E-state index contributed by atoms with van der Waals surface area (Å²) < 4.78 is 34.2. The Balaban J connectivity index is 2.13. The molecule has 0 fully saturated rings. The lowest BCUT2D eigenvalue weighted by Crippen LogP contribution is -2.07. The molecule has 1 aromatic carbocycles. The zero-order valence-electron chi connectivity index (χ0n) is 16.3. The molecule has 162 valence electrons. The fourth-order valence-corrected chi connectivity index (χ4v) is 3.23. The number of anilines is 1. The highest BCUT2D eigenvalue weighted by atomic mass is 32.1. The van der Waals surface area contributed by atoms with Crippen LogP contribution in [0.25, 0.3) is 6.08 Å². The van der Waals surface area contributed by atoms with Crippen molar-refractivity contribution in [1.29, 1.82) is 0 Å². The smallest absolute Gasteiger partial charge is 0.387 e. The minimum Gasteiger partial charge on any atom is -0.493 e. The van der Waals surface area contributed by atoms with Gasteiger partial charge in [-0.15, -0.1) is 10.2 Å². The van der Waals surface area contributed by atoms with Crippen molar-refractivity contribution in [3.8, 4) is 11.5 Å². The van der Waals surface area contributed by atoms with Crippen molar-refractivity contribution in [3.05, 3.63) is 38.9 Å². The first kappa shape index (κ1) is 23.1. The van der Waals surface area contributed by atoms with Gasteiger partial charge in [-0.1, -0.05) is 31.1 Å². The Bertz CT molecular complexity index is 920. The number of nitro groups is 1. The monoisotopic (exact) mass is 442 g/mol. The number of alkyl halides is 2. The number of nitro benzene ring substituents is 1. The number of carbonyl (C=O) groups excluding carboxylic acids is 1. The van der Waals surface area contributed by atoms with Gasteiger partial charge in [-0.25, -0.2) is 0 Å². The van der Waals surface area contributed by atoms with E-state index in [1.165, 1.54) is 24.5 Å². The van der Waals surface area contributed by atoms with Crippen LogP contribution >= 0.6 is 11.3 Å². The zero-order chi connectivity index (χ0) is 22.1. The molecule has 2 aromatic rings. The minimum absolute atomic E-state index is 0.0221. The highest BCUT2D eigenvalue weighted by Crippen LogP contribution is 2.36. The number of hydrogen-bond acceptors (Lipinski definition) is 8. The number of benzene rings is 1. The van der Waals surface area contributed by atoms with Crippen molar-refractivity contribution in [2.24, 2.45) is 0 Å². The number of hydrogen-bond donors (Lipinski definition) is 1. The maximum absolute atomic E-state index is 12.5. The molecule has 9 nitrogen and oxygen atoms in total. The molecule has 1 aromatic heterocycles. The SMILES string of the molecule is CCCCCc1nnc(NC(=O)/C=C/c2cc(OC)c(OC(F)F)cc2[N+](=O)[O-])s1. The average molecular weight is 442 g/mol. The molecule has 0 aliphatic rings. The highest BCUT2D eigenvalue weighted by Gasteiger charge is 2.20. The Morgan fingerprint density at radius 2 is 2.10 bits per heavy atom. The van der Waals surface area contributed by atoms with Crippen molar-refractivity contribution in [2.75, 3.05) is 12.4 Å². The van der Waals surface area contributed by atoms with Gasteiger partial charge < -0.3 is 9.47 Å². The first-order valence-electron chi connectivity index (χ1n) is 8.96. The lowest BCUT2D eigenvalue weighted by Gasteiger charge is -2.10. The van der Waals surface area contributed by atoms with E-state index >= 15 is 0 Å². The highest BCUT2D eigenvalue weighted by molar-refractivity contribution is 7.15. The molecule has 1 amide bonds. The summed E-state index contributed by atoms with van der Waals surface area (Å²) in [6.07, 6.45) is 6.15. The third-order valence-electron chi connectivity index (χ3n) is 3.83. The van der Waals surface area contributed by atoms with Crippen LogP contribution in [0.15, 0.2) is 18.2 Å². The van der Waals surface area contributed by atoms with Crippen molar-refractivity contribution in [1.82, 2.24) is 10.2 Å². The predicted octanol–water partition coefficient (Wildman–Crippen LogP) is 4.44. The third kappa shape index (κ3) is 6.72. The molecule has 0 radical (unpaired) electrons. The molecular weight excluding hydrogens is 422 g/mol. The number of rotatable bonds is 11. The Morgan fingerprint density at radius 3 is 2.73 bits per heavy atom. The maximum Gasteiger partial charge on any atom is 0.387 e. The van der Waals surface area contributed by atoms with E-state index in [2.05, 4.69) is 27.2 Å². The normalized spacial score (nSPS) is 11.1. The van der Waals surface area contributed by atoms with Crippen LogP contribution in [0.3, 0.4) is 0 Å². The molecule has 1 heterocycles. The van der Waals surface area contributed by atoms with Crippen LogP contribution in [-0.2, 0) is 11.2 Å². The summed E-state index contributed by atoms with van der Waals surface area (Å²) in [6, 6.07) is 1.95. The number of carbonyl (C=O) groups is 1. The van der Waals surface area contributed by atoms with Gasteiger partial charge >= 0.3 is 6.61 Å². The fraction of sp³-hybridized carbons (Fsp3) is 0.389. The molecule has 0 aliphatic carbocycles. The lowest BCUT2D eigenvalue weighted by molar-refractivity contribution is -0.385. The van der Waals surface area contributed by atoms with Gasteiger partial charge in [-0.3, -0.25) is 20.2 Å². The van der Waals surface area contributed by atoms with E-state index in [-0.39, 0.29) is 11.3 Å². The van der Waals surface area contributed by atoms with Gasteiger partial charge in [-0.05, 0) is 18.6 Å². The Hall–Kier alpha value is -3.15. The summed E-state index contributed by atoms with van der Waals surface area (Å²) >= 11 is 1.25. The molecule has 0 unspecified atom stereocenters. The topological polar surface area (TPSA) is 116 Å². The number of ether oxygens (including phenoxy) is 2. The Morgan fingerprint density at radius 1 is 1.33 bits per heavy atom. The summed E-state index contributed by atoms with van der Waals surface area (Å²) in [6.45, 7) is -1.08. The molecule has 30 heavy (non-hydrogen) atoms. The van der Waals surface area contributed by atoms with Crippen LogP contribution in [-0.4, -0.2) is 34.7 Å². The van der Waals surface area contributed by atoms with E-state index in [0.717, 1.165) is 48.9 Å². The van der Waals surface area contributed by atoms with E-state index in [9.17, 15) is 23.7 Å². The molecule has 0 saturated heterocycles. The van der Waals surface area contributed by atoms with Crippen molar-refractivity contribution in [2.45, 2.75) is 39.2 Å². The largest absolute Gasteiger partial charge is 0.493 e. The average Bonchev–Trinajstić information content (AvgIpc) is 3.13. The van der Waals surface area contributed by atoms with Gasteiger partial charge in [-0.2, -0.15) is 8.78 Å². The molecule has 1 N–H and O–H groups in total. The quantitative estimate of drug-likeness (QED) is 0.237. The Kier molecular flexibility index (Phi) is 8.59. The Labute approximate surface area is 174 Å². The summed E-state index contributed by atoms with van der Waals surface area (Å²) in [5, 5.41) is 22.8. The van der Waals surface area contributed by atoms with E-state index in [4.69, 9.17) is 4.74 Å². The number of amides is 1. The summed E-state index contributed by atoms with van der Waals surface area (Å²) in [5.74, 6) is -1.19. The van der Waals surface area contributed by atoms with Gasteiger partial charge in [0.05, 0.1) is 23.7 Å². The van der Waals surface area contributed by atoms with Gasteiger partial charge in [0.1, 0.15) is 5.01 Å². The summed E-state index contributed by atoms with van der Waals surface area (Å²) in [4.78, 5) is 22.6. The number of nitrogens with zero attached hydrogens (tertiary/aromatic N) is 3. The van der Waals surface area contributed by atoms with E-state index in [1.54, 1.807) is 0 Å². The van der Waals surface area contributed by atoms with Gasteiger partial charge in [0.15, 0.2) is 11.5 Å². The summed E-state index contributed by atoms with van der Waals surface area (Å²) in [7, 11) is 1.20. The van der Waals surface area contributed by atoms with E-state index < -0.39 is 28.9 Å². The van der Waals surface area contributed by atoms with E-state index in [1.807, 2.05) is 0 Å². The van der Waals surface area contributed by atoms with Gasteiger partial charge in [0.2, 0.25) is 11.0 Å². The van der Waals surface area contributed by atoms with Crippen LogP contribution in [0.4, 0.5) is 19.6 Å². The molecule has 12 heteroatoms. The molecule has 2 rings (SSSR count). The van der Waals surface area contributed by atoms with Crippen LogP contribution < -0.4 is 14.8 Å². The molecule has 0 bridgehead atoms. The number of methoxy groups -OCH3 is 1. The van der Waals surface area contributed by atoms with Crippen LogP contribution in [0.1, 0.15) is 36.8 Å². The number of aryl methyl sites for hydroxylation is 1. The van der Waals surface area contributed by atoms with Gasteiger partial charge in [0.25, 0.3) is 5.69 Å². The maximum atomic E-state index is 12.5. The van der Waals surface area contributed by atoms with Gasteiger partial charge in [0, 0.05) is 12.5 Å². The van der Waals surface area contributed by atoms with Crippen molar-refractivity contribution in [3.63, 3.8) is 0 Å². The summed E-state index contributed by atoms with van der Waals surface area (Å²) in [5.41, 5.74) is -0.546.